The number of rotatable bonds is 29. The average Bonchev–Trinajstić information content (AvgIpc) is 3.64. The van der Waals surface area contributed by atoms with E-state index < -0.39 is 11.4 Å². The van der Waals surface area contributed by atoms with Crippen molar-refractivity contribution in [2.45, 2.75) is 238 Å². The molecule has 420 valence electrons. The van der Waals surface area contributed by atoms with E-state index in [-0.39, 0.29) is 16.9 Å². The van der Waals surface area contributed by atoms with Crippen LogP contribution in [-0.4, -0.2) is 17.5 Å². The van der Waals surface area contributed by atoms with E-state index in [0.717, 1.165) is 77.0 Å². The number of hydrogen-bond acceptors (Lipinski definition) is 2. The Morgan fingerprint density at radius 3 is 1.54 bits per heavy atom. The van der Waals surface area contributed by atoms with E-state index in [1.165, 1.54) is 91.7 Å². The number of hydrogen-bond donors (Lipinski definition) is 0. The van der Waals surface area contributed by atoms with Crippen molar-refractivity contribution >= 4 is 0 Å². The predicted molar refractivity (Wildman–Crippen MR) is 338 cm³/mol. The molecule has 1 spiro atoms. The van der Waals surface area contributed by atoms with Gasteiger partial charge in [-0.15, -0.1) is 0 Å². The molecule has 76 heavy (non-hydrogen) atoms. The first-order valence-electron chi connectivity index (χ1n) is 29.7. The largest absolute Gasteiger partial charge is 0.340 e. The van der Waals surface area contributed by atoms with Gasteiger partial charge in [0, 0.05) is 6.42 Å². The van der Waals surface area contributed by atoms with Gasteiger partial charge in [0.2, 0.25) is 0 Å². The molecule has 0 aromatic heterocycles. The maximum absolute atomic E-state index is 7.47. The molecule has 0 unspecified atom stereocenters. The zero-order chi connectivity index (χ0) is 57.0. The molecule has 1 heterocycles. The summed E-state index contributed by atoms with van der Waals surface area (Å²) in [6, 6.07) is 0. The molecular formula is C74H112O2. The normalized spacial score (nSPS) is 24.8. The van der Waals surface area contributed by atoms with Gasteiger partial charge in [-0.05, 0) is 210 Å². The Labute approximate surface area is 470 Å². The van der Waals surface area contributed by atoms with E-state index in [9.17, 15) is 0 Å². The number of ether oxygens (including phenoxy) is 2. The molecule has 2 aliphatic carbocycles. The molecule has 0 bridgehead atoms. The highest BCUT2D eigenvalue weighted by Gasteiger charge is 2.57. The van der Waals surface area contributed by atoms with Crippen molar-refractivity contribution in [2.75, 3.05) is 0 Å². The van der Waals surface area contributed by atoms with Gasteiger partial charge in [0.25, 0.3) is 0 Å². The second-order valence-electron chi connectivity index (χ2n) is 25.9. The standard InChI is InChI=1S/C74H112O2/c1-53(2)60(10)42-44-63(13)62(12)41-38-57(7)35-27-37-70-73(22,50-48-65(15)64(14)45-43-61(11)54(3)4)76-74(75-70)52-51-72(20,21)69(67(74)17)47-40-59(9)34-26-32-56(6)30-24-23-29-55(5)31-25-33-58(8)39-46-68-66(16)36-28-49-71(68,18)19/h23-26,29-35,39-40,46-47,60-62,65,70H,1,3,13-14,27-28,36-38,41-45,48-52H2,2,4-12,15-22H3/b24-23+,31-25+,32-26+,46-39+,47-40+,55-29+,56-30+,57-35+,58-33+,59-34+/t60-,61+,62+,65-,70-,73+,74-/m0/s1. The Morgan fingerprint density at radius 1 is 0.566 bits per heavy atom. The van der Waals surface area contributed by atoms with Crippen molar-refractivity contribution in [3.05, 3.63) is 190 Å². The molecule has 2 heteroatoms. The van der Waals surface area contributed by atoms with Gasteiger partial charge < -0.3 is 9.47 Å². The van der Waals surface area contributed by atoms with Crippen LogP contribution in [0.4, 0.5) is 0 Å². The lowest BCUT2D eigenvalue weighted by Gasteiger charge is -2.43. The van der Waals surface area contributed by atoms with Crippen LogP contribution in [0.15, 0.2) is 190 Å². The minimum atomic E-state index is -0.740. The van der Waals surface area contributed by atoms with Gasteiger partial charge in [0.1, 0.15) is 0 Å². The van der Waals surface area contributed by atoms with Crippen LogP contribution < -0.4 is 0 Å². The Kier molecular flexibility index (Phi) is 26.8. The molecule has 1 aliphatic heterocycles. The monoisotopic (exact) mass is 1030 g/mol. The van der Waals surface area contributed by atoms with Crippen molar-refractivity contribution in [3.63, 3.8) is 0 Å². The quantitative estimate of drug-likeness (QED) is 0.0549. The lowest BCUT2D eigenvalue weighted by atomic mass is 9.70. The Balaban J connectivity index is 1.75. The topological polar surface area (TPSA) is 18.5 Å². The summed E-state index contributed by atoms with van der Waals surface area (Å²) in [7, 11) is 0. The molecule has 7 atom stereocenters. The van der Waals surface area contributed by atoms with Crippen LogP contribution in [-0.2, 0) is 9.47 Å². The van der Waals surface area contributed by atoms with Crippen molar-refractivity contribution in [1.82, 2.24) is 0 Å². The SMILES string of the molecule is C=C(C)[C@H](C)CCC(=C)[C@@H](C)CC[C@@]1(C)O[C@]2(CCC(C)(C)C(/C=C/C(C)=C/C=C/C(C)=C/C=C/C=C(C)/C=C/C=C(C)/C=C/C3=C(C)CCCC3(C)C)=C2C)O[C@H]1CC/C=C(\C)CC[C@@H](C)C(=C)CC[C@H](C)C(=C)C. The lowest BCUT2D eigenvalue weighted by Crippen LogP contribution is -2.42. The average molecular weight is 1030 g/mol. The fourth-order valence-electron chi connectivity index (χ4n) is 11.0. The highest BCUT2D eigenvalue weighted by molar-refractivity contribution is 5.41. The van der Waals surface area contributed by atoms with Crippen LogP contribution in [0.2, 0.25) is 0 Å². The summed E-state index contributed by atoms with van der Waals surface area (Å²) in [5, 5.41) is 0. The van der Waals surface area contributed by atoms with Gasteiger partial charge in [0.05, 0.1) is 11.7 Å². The first-order chi connectivity index (χ1) is 35.5. The highest BCUT2D eigenvalue weighted by Crippen LogP contribution is 2.55. The lowest BCUT2D eigenvalue weighted by molar-refractivity contribution is -0.174. The predicted octanol–water partition coefficient (Wildman–Crippen LogP) is 22.7. The first kappa shape index (κ1) is 66.0. The molecule has 1 fully saturated rings. The molecule has 3 aliphatic rings. The van der Waals surface area contributed by atoms with Crippen LogP contribution in [0.25, 0.3) is 0 Å². The smallest absolute Gasteiger partial charge is 0.192 e. The van der Waals surface area contributed by atoms with E-state index in [0.29, 0.717) is 23.7 Å². The molecule has 1 saturated heterocycles. The van der Waals surface area contributed by atoms with Gasteiger partial charge in [-0.1, -0.05) is 229 Å². The summed E-state index contributed by atoms with van der Waals surface area (Å²) in [5.74, 6) is 1.23. The van der Waals surface area contributed by atoms with Crippen LogP contribution in [0, 0.1) is 34.5 Å². The van der Waals surface area contributed by atoms with E-state index in [1.54, 1.807) is 0 Å². The fraction of sp³-hybridized carbons (Fsp3) is 0.568. The Bertz CT molecular complexity index is 2390. The van der Waals surface area contributed by atoms with Crippen LogP contribution in [0.3, 0.4) is 0 Å². The van der Waals surface area contributed by atoms with Crippen LogP contribution in [0.5, 0.6) is 0 Å². The summed E-state index contributed by atoms with van der Waals surface area (Å²) in [5.41, 5.74) is 17.0. The second-order valence-corrected chi connectivity index (χ2v) is 25.9. The van der Waals surface area contributed by atoms with E-state index in [1.807, 2.05) is 0 Å². The molecule has 0 N–H and O–H groups in total. The molecule has 0 saturated carbocycles. The third-order valence-electron chi connectivity index (χ3n) is 17.9. The summed E-state index contributed by atoms with van der Waals surface area (Å²) in [6.45, 7) is 58.4. The summed E-state index contributed by atoms with van der Waals surface area (Å²) >= 11 is 0. The summed E-state index contributed by atoms with van der Waals surface area (Å²) < 4.78 is 14.9. The maximum Gasteiger partial charge on any atom is 0.192 e. The molecule has 2 nitrogen and oxygen atoms in total. The zero-order valence-corrected chi connectivity index (χ0v) is 52.3. The van der Waals surface area contributed by atoms with Gasteiger partial charge >= 0.3 is 0 Å². The first-order valence-corrected chi connectivity index (χ1v) is 29.7. The highest BCUT2D eigenvalue weighted by atomic mass is 16.8. The van der Waals surface area contributed by atoms with E-state index in [2.05, 4.69) is 242 Å². The van der Waals surface area contributed by atoms with Gasteiger partial charge in [-0.2, -0.15) is 0 Å². The Hall–Kier alpha value is -4.24. The third kappa shape index (κ3) is 21.2. The zero-order valence-electron chi connectivity index (χ0n) is 52.3. The van der Waals surface area contributed by atoms with Crippen molar-refractivity contribution in [2.24, 2.45) is 34.5 Å². The number of allylic oxidation sites excluding steroid dienone is 27. The molecule has 0 aromatic carbocycles. The van der Waals surface area contributed by atoms with E-state index >= 15 is 0 Å². The minimum absolute atomic E-state index is 0.00795. The molecule has 0 amide bonds. The van der Waals surface area contributed by atoms with Crippen LogP contribution in [0.1, 0.15) is 221 Å². The van der Waals surface area contributed by atoms with E-state index in [4.69, 9.17) is 9.47 Å². The maximum atomic E-state index is 7.47. The summed E-state index contributed by atoms with van der Waals surface area (Å²) in [4.78, 5) is 0. The van der Waals surface area contributed by atoms with Gasteiger partial charge in [-0.3, -0.25) is 0 Å². The van der Waals surface area contributed by atoms with Gasteiger partial charge in [0.15, 0.2) is 5.79 Å². The minimum Gasteiger partial charge on any atom is -0.340 e. The Morgan fingerprint density at radius 2 is 1.03 bits per heavy atom. The van der Waals surface area contributed by atoms with Crippen LogP contribution >= 0.6 is 0 Å². The second kappa shape index (κ2) is 30.8. The summed E-state index contributed by atoms with van der Waals surface area (Å²) in [6.07, 6.45) is 49.4. The molecule has 0 aromatic rings. The fourth-order valence-corrected chi connectivity index (χ4v) is 11.0. The van der Waals surface area contributed by atoms with Crippen molar-refractivity contribution < 1.29 is 9.47 Å². The van der Waals surface area contributed by atoms with Crippen molar-refractivity contribution in [3.8, 4) is 0 Å². The molecule has 3 rings (SSSR count). The van der Waals surface area contributed by atoms with Gasteiger partial charge in [-0.25, -0.2) is 0 Å². The van der Waals surface area contributed by atoms with Crippen molar-refractivity contribution in [1.29, 1.82) is 0 Å². The third-order valence-corrected chi connectivity index (χ3v) is 17.9. The molecule has 0 radical (unpaired) electrons. The molecular weight excluding hydrogens is 921 g/mol.